The van der Waals surface area contributed by atoms with E-state index in [-0.39, 0.29) is 5.97 Å². The molecule has 0 radical (unpaired) electrons. The number of esters is 1. The van der Waals surface area contributed by atoms with Gasteiger partial charge < -0.3 is 4.74 Å². The van der Waals surface area contributed by atoms with E-state index in [4.69, 9.17) is 4.74 Å². The van der Waals surface area contributed by atoms with E-state index >= 15 is 0 Å². The summed E-state index contributed by atoms with van der Waals surface area (Å²) in [6.45, 7) is 4.02. The summed E-state index contributed by atoms with van der Waals surface area (Å²) in [4.78, 5) is 15.9. The summed E-state index contributed by atoms with van der Waals surface area (Å²) in [6, 6.07) is 9.67. The quantitative estimate of drug-likeness (QED) is 0.723. The maximum atomic E-state index is 11.6. The van der Waals surface area contributed by atoms with Gasteiger partial charge in [0.1, 0.15) is 0 Å². The lowest BCUT2D eigenvalue weighted by atomic mass is 10.1. The number of benzene rings is 1. The summed E-state index contributed by atoms with van der Waals surface area (Å²) in [5.41, 5.74) is 2.06. The number of aryl methyl sites for hydroxylation is 1. The lowest BCUT2D eigenvalue weighted by molar-refractivity contribution is 0.0519. The van der Waals surface area contributed by atoms with Crippen LogP contribution in [-0.4, -0.2) is 17.6 Å². The third-order valence-electron chi connectivity index (χ3n) is 2.38. The van der Waals surface area contributed by atoms with Crippen molar-refractivity contribution >= 4 is 16.9 Å². The SMILES string of the molecule is CCOC(=O)c1nc2ccccc2cc1C. The fourth-order valence-electron chi connectivity index (χ4n) is 1.63. The summed E-state index contributed by atoms with van der Waals surface area (Å²) in [5, 5.41) is 1.04. The van der Waals surface area contributed by atoms with Crippen molar-refractivity contribution in [2.45, 2.75) is 13.8 Å². The Bertz CT molecular complexity index is 534. The normalized spacial score (nSPS) is 10.4. The van der Waals surface area contributed by atoms with E-state index in [1.807, 2.05) is 37.3 Å². The second-order valence-corrected chi connectivity index (χ2v) is 3.57. The molecule has 0 N–H and O–H groups in total. The van der Waals surface area contributed by atoms with Gasteiger partial charge in [-0.1, -0.05) is 18.2 Å². The van der Waals surface area contributed by atoms with Crippen molar-refractivity contribution in [2.75, 3.05) is 6.61 Å². The van der Waals surface area contributed by atoms with Gasteiger partial charge in [0.25, 0.3) is 0 Å². The molecule has 0 saturated carbocycles. The van der Waals surface area contributed by atoms with E-state index in [0.717, 1.165) is 16.5 Å². The van der Waals surface area contributed by atoms with E-state index < -0.39 is 0 Å². The molecule has 0 saturated heterocycles. The Balaban J connectivity index is 2.54. The highest BCUT2D eigenvalue weighted by Gasteiger charge is 2.12. The van der Waals surface area contributed by atoms with E-state index in [1.165, 1.54) is 0 Å². The molecule has 1 aromatic carbocycles. The first-order chi connectivity index (χ1) is 7.72. The number of hydrogen-bond acceptors (Lipinski definition) is 3. The van der Waals surface area contributed by atoms with Gasteiger partial charge in [0, 0.05) is 5.39 Å². The van der Waals surface area contributed by atoms with Gasteiger partial charge in [-0.15, -0.1) is 0 Å². The Morgan fingerprint density at radius 3 is 2.88 bits per heavy atom. The second kappa shape index (κ2) is 4.31. The van der Waals surface area contributed by atoms with Crippen LogP contribution in [0.1, 0.15) is 23.0 Å². The van der Waals surface area contributed by atoms with Crippen LogP contribution >= 0.6 is 0 Å². The van der Waals surface area contributed by atoms with Crippen molar-refractivity contribution in [3.8, 4) is 0 Å². The Morgan fingerprint density at radius 1 is 1.38 bits per heavy atom. The minimum atomic E-state index is -0.356. The number of para-hydroxylation sites is 1. The molecule has 0 unspecified atom stereocenters. The summed E-state index contributed by atoms with van der Waals surface area (Å²) < 4.78 is 4.96. The van der Waals surface area contributed by atoms with Gasteiger partial charge in [-0.3, -0.25) is 0 Å². The van der Waals surface area contributed by atoms with Crippen LogP contribution < -0.4 is 0 Å². The van der Waals surface area contributed by atoms with E-state index in [2.05, 4.69) is 4.98 Å². The van der Waals surface area contributed by atoms with Crippen LogP contribution in [0.2, 0.25) is 0 Å². The lowest BCUT2D eigenvalue weighted by Gasteiger charge is -2.06. The Hall–Kier alpha value is -1.90. The van der Waals surface area contributed by atoms with Gasteiger partial charge in [-0.05, 0) is 31.5 Å². The molecule has 3 nitrogen and oxygen atoms in total. The van der Waals surface area contributed by atoms with Crippen molar-refractivity contribution in [1.82, 2.24) is 4.98 Å². The Labute approximate surface area is 94.1 Å². The minimum absolute atomic E-state index is 0.356. The molecule has 2 aromatic rings. The zero-order valence-electron chi connectivity index (χ0n) is 9.36. The third-order valence-corrected chi connectivity index (χ3v) is 2.38. The number of nitrogens with zero attached hydrogens (tertiary/aromatic N) is 1. The highest BCUT2D eigenvalue weighted by Crippen LogP contribution is 2.16. The summed E-state index contributed by atoms with van der Waals surface area (Å²) in [5.74, 6) is -0.356. The van der Waals surface area contributed by atoms with Gasteiger partial charge in [0.05, 0.1) is 12.1 Å². The molecule has 16 heavy (non-hydrogen) atoms. The predicted molar refractivity (Wildman–Crippen MR) is 62.4 cm³/mol. The average Bonchev–Trinajstić information content (AvgIpc) is 2.28. The highest BCUT2D eigenvalue weighted by molar-refractivity contribution is 5.92. The molecule has 3 heteroatoms. The van der Waals surface area contributed by atoms with Crippen molar-refractivity contribution < 1.29 is 9.53 Å². The van der Waals surface area contributed by atoms with Gasteiger partial charge in [0.15, 0.2) is 5.69 Å². The summed E-state index contributed by atoms with van der Waals surface area (Å²) in [7, 11) is 0. The van der Waals surface area contributed by atoms with Crippen molar-refractivity contribution in [2.24, 2.45) is 0 Å². The molecule has 0 aliphatic carbocycles. The first-order valence-corrected chi connectivity index (χ1v) is 5.26. The number of carbonyl (C=O) groups excluding carboxylic acids is 1. The zero-order chi connectivity index (χ0) is 11.5. The second-order valence-electron chi connectivity index (χ2n) is 3.57. The van der Waals surface area contributed by atoms with Crippen molar-refractivity contribution in [3.63, 3.8) is 0 Å². The van der Waals surface area contributed by atoms with Crippen LogP contribution in [0.5, 0.6) is 0 Å². The van der Waals surface area contributed by atoms with Crippen LogP contribution in [0.15, 0.2) is 30.3 Å². The fraction of sp³-hybridized carbons (Fsp3) is 0.231. The first kappa shape index (κ1) is 10.6. The summed E-state index contributed by atoms with van der Waals surface area (Å²) in [6.07, 6.45) is 0. The number of aromatic nitrogens is 1. The maximum absolute atomic E-state index is 11.6. The molecule has 0 amide bonds. The van der Waals surface area contributed by atoms with E-state index in [1.54, 1.807) is 6.92 Å². The number of hydrogen-bond donors (Lipinski definition) is 0. The van der Waals surface area contributed by atoms with Crippen LogP contribution in [-0.2, 0) is 4.74 Å². The predicted octanol–water partition coefficient (Wildman–Crippen LogP) is 2.72. The molecule has 1 aromatic heterocycles. The minimum Gasteiger partial charge on any atom is -0.461 e. The number of carbonyl (C=O) groups is 1. The fourth-order valence-corrected chi connectivity index (χ4v) is 1.63. The molecule has 82 valence electrons. The molecular formula is C13H13NO2. The Kier molecular flexibility index (Phi) is 2.86. The number of rotatable bonds is 2. The largest absolute Gasteiger partial charge is 0.461 e. The molecular weight excluding hydrogens is 202 g/mol. The van der Waals surface area contributed by atoms with Crippen LogP contribution in [0.25, 0.3) is 10.9 Å². The Morgan fingerprint density at radius 2 is 2.12 bits per heavy atom. The van der Waals surface area contributed by atoms with E-state index in [9.17, 15) is 4.79 Å². The van der Waals surface area contributed by atoms with Gasteiger partial charge in [-0.2, -0.15) is 0 Å². The maximum Gasteiger partial charge on any atom is 0.357 e. The number of ether oxygens (including phenoxy) is 1. The number of pyridine rings is 1. The number of fused-ring (bicyclic) bond motifs is 1. The first-order valence-electron chi connectivity index (χ1n) is 5.26. The van der Waals surface area contributed by atoms with Crippen molar-refractivity contribution in [3.05, 3.63) is 41.6 Å². The molecule has 0 atom stereocenters. The zero-order valence-corrected chi connectivity index (χ0v) is 9.36. The van der Waals surface area contributed by atoms with Gasteiger partial charge in [-0.25, -0.2) is 9.78 Å². The molecule has 0 bridgehead atoms. The summed E-state index contributed by atoms with van der Waals surface area (Å²) >= 11 is 0. The third kappa shape index (κ3) is 1.89. The monoisotopic (exact) mass is 215 g/mol. The topological polar surface area (TPSA) is 39.2 Å². The molecule has 0 fully saturated rings. The van der Waals surface area contributed by atoms with Gasteiger partial charge in [0.2, 0.25) is 0 Å². The van der Waals surface area contributed by atoms with Crippen molar-refractivity contribution in [1.29, 1.82) is 0 Å². The lowest BCUT2D eigenvalue weighted by Crippen LogP contribution is -2.09. The van der Waals surface area contributed by atoms with Crippen LogP contribution in [0.3, 0.4) is 0 Å². The molecule has 0 spiro atoms. The average molecular weight is 215 g/mol. The molecule has 2 rings (SSSR count). The van der Waals surface area contributed by atoms with Gasteiger partial charge >= 0.3 is 5.97 Å². The molecule has 0 aliphatic rings. The molecule has 0 aliphatic heterocycles. The highest BCUT2D eigenvalue weighted by atomic mass is 16.5. The smallest absolute Gasteiger partial charge is 0.357 e. The standard InChI is InChI=1S/C13H13NO2/c1-3-16-13(15)12-9(2)8-10-6-4-5-7-11(10)14-12/h4-8H,3H2,1-2H3. The molecule has 1 heterocycles. The van der Waals surface area contributed by atoms with Crippen LogP contribution in [0.4, 0.5) is 0 Å². The van der Waals surface area contributed by atoms with Crippen LogP contribution in [0, 0.1) is 6.92 Å². The van der Waals surface area contributed by atoms with E-state index in [0.29, 0.717) is 12.3 Å².